The molecule has 0 amide bonds. The van der Waals surface area contributed by atoms with E-state index >= 15 is 0 Å². The van der Waals surface area contributed by atoms with Crippen molar-refractivity contribution >= 4 is 23.4 Å². The predicted molar refractivity (Wildman–Crippen MR) is 47.8 cm³/mol. The van der Waals surface area contributed by atoms with E-state index in [0.717, 1.165) is 6.07 Å². The van der Waals surface area contributed by atoms with Crippen molar-refractivity contribution in [1.29, 1.82) is 0 Å². The van der Waals surface area contributed by atoms with Gasteiger partial charge in [0.1, 0.15) is 5.82 Å². The maximum Gasteiger partial charge on any atom is 0.372 e. The molecule has 0 aromatic heterocycles. The summed E-state index contributed by atoms with van der Waals surface area (Å²) >= 11 is 5.40. The molecule has 74 valence electrons. The zero-order valence-electron chi connectivity index (χ0n) is 6.96. The first-order chi connectivity index (χ1) is 6.50. The maximum absolute atomic E-state index is 12.8. The summed E-state index contributed by atoms with van der Waals surface area (Å²) in [6.07, 6.45) is -0.330. The minimum atomic E-state index is -1.53. The molecule has 0 saturated carbocycles. The monoisotopic (exact) mass is 216 g/mol. The zero-order chi connectivity index (χ0) is 10.7. The largest absolute Gasteiger partial charge is 0.475 e. The quantitative estimate of drug-likeness (QED) is 0.782. The number of rotatable bonds is 3. The van der Waals surface area contributed by atoms with Gasteiger partial charge in [0.25, 0.3) is 0 Å². The molecule has 0 aliphatic heterocycles. The molecule has 3 nitrogen and oxygen atoms in total. The standard InChI is InChI=1S/C9H6ClFO3/c10-6-2-1-5(3-7(6)11)4-8(12)9(13)14/h1-3H,4H2,(H,13,14). The molecule has 0 bridgehead atoms. The summed E-state index contributed by atoms with van der Waals surface area (Å²) in [7, 11) is 0. The molecule has 0 unspecified atom stereocenters. The van der Waals surface area contributed by atoms with Crippen molar-refractivity contribution in [2.75, 3.05) is 0 Å². The molecule has 1 rings (SSSR count). The van der Waals surface area contributed by atoms with Gasteiger partial charge in [0, 0.05) is 6.42 Å². The fourth-order valence-corrected chi connectivity index (χ4v) is 1.03. The lowest BCUT2D eigenvalue weighted by Gasteiger charge is -1.99. The summed E-state index contributed by atoms with van der Waals surface area (Å²) in [5.41, 5.74) is 0.291. The second-order valence-corrected chi connectivity index (χ2v) is 3.06. The molecule has 5 heteroatoms. The number of halogens is 2. The number of hydrogen-bond donors (Lipinski definition) is 1. The van der Waals surface area contributed by atoms with Crippen LogP contribution in [0.2, 0.25) is 5.02 Å². The fraction of sp³-hybridized carbons (Fsp3) is 0.111. The topological polar surface area (TPSA) is 54.4 Å². The molecule has 1 N–H and O–H groups in total. The minimum Gasteiger partial charge on any atom is -0.475 e. The molecule has 0 aliphatic carbocycles. The van der Waals surface area contributed by atoms with E-state index in [0.29, 0.717) is 5.56 Å². The van der Waals surface area contributed by atoms with E-state index < -0.39 is 17.6 Å². The third-order valence-corrected chi connectivity index (χ3v) is 1.89. The average Bonchev–Trinajstić information content (AvgIpc) is 2.11. The number of hydrogen-bond acceptors (Lipinski definition) is 2. The molecular formula is C9H6ClFO3. The summed E-state index contributed by atoms with van der Waals surface area (Å²) in [4.78, 5) is 20.9. The Labute approximate surface area is 84.1 Å². The highest BCUT2D eigenvalue weighted by atomic mass is 35.5. The van der Waals surface area contributed by atoms with Gasteiger partial charge < -0.3 is 5.11 Å². The van der Waals surface area contributed by atoms with Gasteiger partial charge in [0.05, 0.1) is 5.02 Å². The van der Waals surface area contributed by atoms with E-state index in [1.807, 2.05) is 0 Å². The number of aliphatic carboxylic acids is 1. The van der Waals surface area contributed by atoms with Crippen LogP contribution in [0.25, 0.3) is 0 Å². The van der Waals surface area contributed by atoms with Gasteiger partial charge in [-0.3, -0.25) is 4.79 Å². The summed E-state index contributed by atoms with van der Waals surface area (Å²) in [6, 6.07) is 3.73. The number of Topliss-reactive ketones (excluding diaryl/α,β-unsaturated/α-hetero) is 1. The van der Waals surface area contributed by atoms with Gasteiger partial charge in [0.15, 0.2) is 0 Å². The highest BCUT2D eigenvalue weighted by Crippen LogP contribution is 2.15. The number of ketones is 1. The molecule has 0 atom stereocenters. The van der Waals surface area contributed by atoms with Gasteiger partial charge in [-0.1, -0.05) is 17.7 Å². The number of carboxylic acids is 1. The molecule has 0 spiro atoms. The molecule has 0 radical (unpaired) electrons. The summed E-state index contributed by atoms with van der Waals surface area (Å²) in [5.74, 6) is -3.17. The lowest BCUT2D eigenvalue weighted by molar-refractivity contribution is -0.148. The van der Waals surface area contributed by atoms with Gasteiger partial charge in [-0.25, -0.2) is 9.18 Å². The van der Waals surface area contributed by atoms with Crippen molar-refractivity contribution in [3.63, 3.8) is 0 Å². The second kappa shape index (κ2) is 4.19. The van der Waals surface area contributed by atoms with Crippen LogP contribution in [0, 0.1) is 5.82 Å². The van der Waals surface area contributed by atoms with E-state index in [1.165, 1.54) is 12.1 Å². The highest BCUT2D eigenvalue weighted by Gasteiger charge is 2.12. The van der Waals surface area contributed by atoms with Gasteiger partial charge in [0.2, 0.25) is 5.78 Å². The number of carboxylic acid groups (broad SMARTS) is 1. The van der Waals surface area contributed by atoms with Crippen LogP contribution in [-0.2, 0) is 16.0 Å². The van der Waals surface area contributed by atoms with Crippen molar-refractivity contribution in [3.05, 3.63) is 34.6 Å². The maximum atomic E-state index is 12.8. The van der Waals surface area contributed by atoms with Crippen molar-refractivity contribution in [2.45, 2.75) is 6.42 Å². The van der Waals surface area contributed by atoms with Crippen molar-refractivity contribution in [2.24, 2.45) is 0 Å². The van der Waals surface area contributed by atoms with Crippen molar-refractivity contribution in [1.82, 2.24) is 0 Å². The van der Waals surface area contributed by atoms with E-state index in [1.54, 1.807) is 0 Å². The Bertz CT molecular complexity index is 390. The Morgan fingerprint density at radius 1 is 1.43 bits per heavy atom. The molecule has 0 aliphatic rings. The van der Waals surface area contributed by atoms with E-state index in [9.17, 15) is 14.0 Å². The SMILES string of the molecule is O=C(O)C(=O)Cc1ccc(Cl)c(F)c1. The average molecular weight is 217 g/mol. The normalized spacial score (nSPS) is 9.86. The fourth-order valence-electron chi connectivity index (χ4n) is 0.911. The van der Waals surface area contributed by atoms with Crippen LogP contribution in [0.1, 0.15) is 5.56 Å². The Morgan fingerprint density at radius 2 is 2.07 bits per heavy atom. The predicted octanol–water partition coefficient (Wildman–Crippen LogP) is 1.68. The molecule has 0 heterocycles. The molecule has 14 heavy (non-hydrogen) atoms. The second-order valence-electron chi connectivity index (χ2n) is 2.65. The summed E-state index contributed by atoms with van der Waals surface area (Å²) < 4.78 is 12.8. The molecule has 0 fully saturated rings. The Kier molecular flexibility index (Phi) is 3.19. The number of benzene rings is 1. The first kappa shape index (κ1) is 10.7. The zero-order valence-corrected chi connectivity index (χ0v) is 7.71. The molecule has 0 saturated heterocycles. The highest BCUT2D eigenvalue weighted by molar-refractivity contribution is 6.33. The van der Waals surface area contributed by atoms with Crippen LogP contribution < -0.4 is 0 Å². The molecule has 1 aromatic rings. The van der Waals surface area contributed by atoms with Gasteiger partial charge >= 0.3 is 5.97 Å². The molecular weight excluding hydrogens is 211 g/mol. The van der Waals surface area contributed by atoms with Gasteiger partial charge in [-0.15, -0.1) is 0 Å². The van der Waals surface area contributed by atoms with Crippen molar-refractivity contribution < 1.29 is 19.1 Å². The van der Waals surface area contributed by atoms with Gasteiger partial charge in [-0.2, -0.15) is 0 Å². The smallest absolute Gasteiger partial charge is 0.372 e. The van der Waals surface area contributed by atoms with Gasteiger partial charge in [-0.05, 0) is 17.7 Å². The third-order valence-electron chi connectivity index (χ3n) is 1.59. The van der Waals surface area contributed by atoms with Crippen LogP contribution in [0.3, 0.4) is 0 Å². The lowest BCUT2D eigenvalue weighted by atomic mass is 10.1. The first-order valence-corrected chi connectivity index (χ1v) is 4.08. The van der Waals surface area contributed by atoms with E-state index in [4.69, 9.17) is 16.7 Å². The van der Waals surface area contributed by atoms with E-state index in [-0.39, 0.29) is 11.4 Å². The Balaban J connectivity index is 2.83. The molecule has 1 aromatic carbocycles. The van der Waals surface area contributed by atoms with Crippen molar-refractivity contribution in [3.8, 4) is 0 Å². The van der Waals surface area contributed by atoms with Crippen LogP contribution in [0.15, 0.2) is 18.2 Å². The number of carbonyl (C=O) groups is 2. The van der Waals surface area contributed by atoms with Crippen LogP contribution in [-0.4, -0.2) is 16.9 Å². The summed E-state index contributed by atoms with van der Waals surface area (Å²) in [6.45, 7) is 0. The van der Waals surface area contributed by atoms with Crippen LogP contribution in [0.4, 0.5) is 4.39 Å². The summed E-state index contributed by atoms with van der Waals surface area (Å²) in [5, 5.41) is 8.24. The van der Waals surface area contributed by atoms with E-state index in [2.05, 4.69) is 0 Å². The minimum absolute atomic E-state index is 0.0588. The third kappa shape index (κ3) is 2.53. The Morgan fingerprint density at radius 3 is 2.57 bits per heavy atom. The first-order valence-electron chi connectivity index (χ1n) is 3.70. The van der Waals surface area contributed by atoms with Crippen LogP contribution in [0.5, 0.6) is 0 Å². The van der Waals surface area contributed by atoms with Crippen LogP contribution >= 0.6 is 11.6 Å². The Hall–Kier alpha value is -1.42. The lowest BCUT2D eigenvalue weighted by Crippen LogP contribution is -2.15. The number of carbonyl (C=O) groups excluding carboxylic acids is 1.